The van der Waals surface area contributed by atoms with Gasteiger partial charge in [0.2, 0.25) is 0 Å². The number of benzene rings is 1. The van der Waals surface area contributed by atoms with E-state index in [1.165, 1.54) is 12.1 Å². The number of nitrogens with one attached hydrogen (secondary N) is 2. The molecule has 1 heterocycles. The highest BCUT2D eigenvalue weighted by molar-refractivity contribution is 5.92. The van der Waals surface area contributed by atoms with E-state index in [4.69, 9.17) is 0 Å². The normalized spacial score (nSPS) is 10.8. The first-order valence-corrected chi connectivity index (χ1v) is 8.71. The summed E-state index contributed by atoms with van der Waals surface area (Å²) in [5, 5.41) is 6.07. The number of amides is 1. The summed E-state index contributed by atoms with van der Waals surface area (Å²) in [5.41, 5.74) is 1.38. The van der Waals surface area contributed by atoms with Crippen molar-refractivity contribution in [1.82, 2.24) is 20.2 Å². The Labute approximate surface area is 153 Å². The Morgan fingerprint density at radius 1 is 1.15 bits per heavy atom. The van der Waals surface area contributed by atoms with Gasteiger partial charge in [-0.15, -0.1) is 0 Å². The van der Waals surface area contributed by atoms with E-state index in [1.807, 2.05) is 14.1 Å². The first-order chi connectivity index (χ1) is 12.4. The largest absolute Gasteiger partial charge is 0.370 e. The van der Waals surface area contributed by atoms with Gasteiger partial charge in [0, 0.05) is 19.2 Å². The molecule has 0 spiro atoms. The van der Waals surface area contributed by atoms with Gasteiger partial charge in [0.1, 0.15) is 23.2 Å². The standard InChI is InChI=1S/C19H26FN5O/c1-14-23-17(19(26)22-10-4-12-25(2)3)13-18(24-14)21-11-9-15-5-7-16(20)8-6-15/h5-8,13H,4,9-12H2,1-3H3,(H,22,26)(H,21,23,24). The third-order valence-corrected chi connectivity index (χ3v) is 3.77. The van der Waals surface area contributed by atoms with Crippen LogP contribution >= 0.6 is 0 Å². The van der Waals surface area contributed by atoms with Crippen molar-refractivity contribution in [3.63, 3.8) is 0 Å². The second-order valence-corrected chi connectivity index (χ2v) is 6.40. The molecule has 0 saturated heterocycles. The van der Waals surface area contributed by atoms with Crippen molar-refractivity contribution < 1.29 is 9.18 Å². The molecular formula is C19H26FN5O. The number of carbonyl (C=O) groups excluding carboxylic acids is 1. The van der Waals surface area contributed by atoms with Gasteiger partial charge in [0.25, 0.3) is 5.91 Å². The Balaban J connectivity index is 1.87. The molecule has 2 N–H and O–H groups in total. The van der Waals surface area contributed by atoms with E-state index in [0.29, 0.717) is 30.4 Å². The number of rotatable bonds is 9. The second kappa shape index (κ2) is 9.82. The smallest absolute Gasteiger partial charge is 0.270 e. The summed E-state index contributed by atoms with van der Waals surface area (Å²) >= 11 is 0. The number of hydrogen-bond acceptors (Lipinski definition) is 5. The van der Waals surface area contributed by atoms with E-state index in [9.17, 15) is 9.18 Å². The second-order valence-electron chi connectivity index (χ2n) is 6.40. The van der Waals surface area contributed by atoms with Crippen molar-refractivity contribution in [1.29, 1.82) is 0 Å². The summed E-state index contributed by atoms with van der Waals surface area (Å²) in [6.07, 6.45) is 1.61. The van der Waals surface area contributed by atoms with Crippen molar-refractivity contribution in [3.05, 3.63) is 53.2 Å². The van der Waals surface area contributed by atoms with Gasteiger partial charge in [-0.05, 0) is 58.1 Å². The molecule has 140 valence electrons. The van der Waals surface area contributed by atoms with Crippen LogP contribution in [0.5, 0.6) is 0 Å². The highest BCUT2D eigenvalue weighted by atomic mass is 19.1. The Morgan fingerprint density at radius 3 is 2.58 bits per heavy atom. The molecule has 2 rings (SSSR count). The molecule has 0 saturated carbocycles. The number of anilines is 1. The molecule has 0 atom stereocenters. The minimum absolute atomic E-state index is 0.198. The molecular weight excluding hydrogens is 333 g/mol. The van der Waals surface area contributed by atoms with Gasteiger partial charge >= 0.3 is 0 Å². The van der Waals surface area contributed by atoms with Gasteiger partial charge in [-0.3, -0.25) is 4.79 Å². The zero-order valence-electron chi connectivity index (χ0n) is 15.6. The van der Waals surface area contributed by atoms with Gasteiger partial charge in [-0.2, -0.15) is 0 Å². The maximum absolute atomic E-state index is 12.9. The van der Waals surface area contributed by atoms with Crippen LogP contribution < -0.4 is 10.6 Å². The minimum Gasteiger partial charge on any atom is -0.370 e. The number of nitrogens with zero attached hydrogens (tertiary/aromatic N) is 3. The maximum Gasteiger partial charge on any atom is 0.270 e. The molecule has 0 aliphatic rings. The van der Waals surface area contributed by atoms with Crippen LogP contribution in [0.25, 0.3) is 0 Å². The molecule has 0 aliphatic carbocycles. The fourth-order valence-electron chi connectivity index (χ4n) is 2.45. The van der Waals surface area contributed by atoms with Crippen molar-refractivity contribution >= 4 is 11.7 Å². The number of halogens is 1. The average molecular weight is 359 g/mol. The summed E-state index contributed by atoms with van der Waals surface area (Å²) in [7, 11) is 4.00. The summed E-state index contributed by atoms with van der Waals surface area (Å²) in [6.45, 7) is 3.91. The molecule has 1 aromatic heterocycles. The molecule has 0 radical (unpaired) electrons. The predicted octanol–water partition coefficient (Wildman–Crippen LogP) is 2.26. The quantitative estimate of drug-likeness (QED) is 0.672. The van der Waals surface area contributed by atoms with E-state index in [1.54, 1.807) is 25.1 Å². The number of carbonyl (C=O) groups is 1. The zero-order chi connectivity index (χ0) is 18.9. The SMILES string of the molecule is Cc1nc(NCCc2ccc(F)cc2)cc(C(=O)NCCCN(C)C)n1. The van der Waals surface area contributed by atoms with Crippen LogP contribution in [0.3, 0.4) is 0 Å². The number of hydrogen-bond donors (Lipinski definition) is 2. The molecule has 1 aromatic carbocycles. The van der Waals surface area contributed by atoms with Crippen molar-refractivity contribution in [2.75, 3.05) is 39.0 Å². The molecule has 6 nitrogen and oxygen atoms in total. The summed E-state index contributed by atoms with van der Waals surface area (Å²) in [5.74, 6) is 0.707. The fraction of sp³-hybridized carbons (Fsp3) is 0.421. The van der Waals surface area contributed by atoms with Crippen LogP contribution in [0.4, 0.5) is 10.2 Å². The lowest BCUT2D eigenvalue weighted by molar-refractivity contribution is 0.0947. The summed E-state index contributed by atoms with van der Waals surface area (Å²) < 4.78 is 12.9. The van der Waals surface area contributed by atoms with E-state index in [-0.39, 0.29) is 11.7 Å². The van der Waals surface area contributed by atoms with Crippen molar-refractivity contribution in [3.8, 4) is 0 Å². The molecule has 2 aromatic rings. The van der Waals surface area contributed by atoms with Gasteiger partial charge in [-0.1, -0.05) is 12.1 Å². The van der Waals surface area contributed by atoms with Crippen LogP contribution in [-0.4, -0.2) is 54.5 Å². The predicted molar refractivity (Wildman–Crippen MR) is 101 cm³/mol. The third-order valence-electron chi connectivity index (χ3n) is 3.77. The van der Waals surface area contributed by atoms with Gasteiger partial charge in [-0.25, -0.2) is 14.4 Å². The van der Waals surface area contributed by atoms with E-state index in [2.05, 4.69) is 25.5 Å². The highest BCUT2D eigenvalue weighted by Gasteiger charge is 2.10. The molecule has 1 amide bonds. The van der Waals surface area contributed by atoms with Crippen molar-refractivity contribution in [2.24, 2.45) is 0 Å². The molecule has 0 aliphatic heterocycles. The monoisotopic (exact) mass is 359 g/mol. The fourth-order valence-corrected chi connectivity index (χ4v) is 2.45. The Bertz CT molecular complexity index is 718. The lowest BCUT2D eigenvalue weighted by Gasteiger charge is -2.11. The van der Waals surface area contributed by atoms with E-state index >= 15 is 0 Å². The van der Waals surface area contributed by atoms with Crippen LogP contribution in [-0.2, 0) is 6.42 Å². The highest BCUT2D eigenvalue weighted by Crippen LogP contribution is 2.08. The van der Waals surface area contributed by atoms with Crippen LogP contribution in [0.2, 0.25) is 0 Å². The Morgan fingerprint density at radius 2 is 1.88 bits per heavy atom. The molecule has 0 fully saturated rings. The topological polar surface area (TPSA) is 70.2 Å². The lowest BCUT2D eigenvalue weighted by Crippen LogP contribution is -2.28. The first-order valence-electron chi connectivity index (χ1n) is 8.71. The van der Waals surface area contributed by atoms with Crippen LogP contribution in [0.15, 0.2) is 30.3 Å². The lowest BCUT2D eigenvalue weighted by atomic mass is 10.1. The Kier molecular flexibility index (Phi) is 7.47. The molecule has 0 unspecified atom stereocenters. The van der Waals surface area contributed by atoms with Crippen LogP contribution in [0.1, 0.15) is 28.3 Å². The minimum atomic E-state index is -0.241. The summed E-state index contributed by atoms with van der Waals surface area (Å²) in [6, 6.07) is 8.06. The first kappa shape index (κ1) is 19.8. The van der Waals surface area contributed by atoms with E-state index in [0.717, 1.165) is 24.9 Å². The zero-order valence-corrected chi connectivity index (χ0v) is 15.6. The Hall–Kier alpha value is -2.54. The molecule has 26 heavy (non-hydrogen) atoms. The maximum atomic E-state index is 12.9. The summed E-state index contributed by atoms with van der Waals surface area (Å²) in [4.78, 5) is 22.8. The molecule has 7 heteroatoms. The van der Waals surface area contributed by atoms with Gasteiger partial charge in [0.15, 0.2) is 0 Å². The average Bonchev–Trinajstić information content (AvgIpc) is 2.59. The van der Waals surface area contributed by atoms with Gasteiger partial charge < -0.3 is 15.5 Å². The number of aromatic nitrogens is 2. The third kappa shape index (κ3) is 6.76. The van der Waals surface area contributed by atoms with E-state index < -0.39 is 0 Å². The molecule has 0 bridgehead atoms. The number of aryl methyl sites for hydroxylation is 1. The van der Waals surface area contributed by atoms with Crippen molar-refractivity contribution in [2.45, 2.75) is 19.8 Å². The van der Waals surface area contributed by atoms with Crippen LogP contribution in [0, 0.1) is 12.7 Å². The van der Waals surface area contributed by atoms with Gasteiger partial charge in [0.05, 0.1) is 0 Å².